The van der Waals surface area contributed by atoms with E-state index in [1.165, 1.54) is 30.7 Å². The number of rotatable bonds is 5. The van der Waals surface area contributed by atoms with Gasteiger partial charge in [-0.1, -0.05) is 19.1 Å². The maximum absolute atomic E-state index is 13.2. The molecule has 0 bridgehead atoms. The zero-order valence-corrected chi connectivity index (χ0v) is 18.5. The number of piperidine rings is 1. The van der Waals surface area contributed by atoms with Crippen molar-refractivity contribution >= 4 is 23.4 Å². The molecule has 3 heterocycles. The van der Waals surface area contributed by atoms with Crippen molar-refractivity contribution in [2.24, 2.45) is 5.92 Å². The molecule has 0 radical (unpaired) electrons. The molecule has 0 saturated carbocycles. The summed E-state index contributed by atoms with van der Waals surface area (Å²) >= 11 is 1.90. The smallest absolute Gasteiger partial charge is 0.241 e. The van der Waals surface area contributed by atoms with Gasteiger partial charge in [-0.05, 0) is 63.4 Å². The lowest BCUT2D eigenvalue weighted by molar-refractivity contribution is -0.120. The van der Waals surface area contributed by atoms with Gasteiger partial charge in [-0.2, -0.15) is 0 Å². The number of hydrogen-bond donors (Lipinski definition) is 0. The number of carbonyl (C=O) groups is 1. The monoisotopic (exact) mass is 417 g/mol. The zero-order valence-electron chi connectivity index (χ0n) is 17.7. The van der Waals surface area contributed by atoms with Crippen molar-refractivity contribution in [3.63, 3.8) is 0 Å². The maximum Gasteiger partial charge on any atom is 0.241 e. The van der Waals surface area contributed by atoms with Crippen molar-refractivity contribution in [1.29, 1.82) is 0 Å². The first kappa shape index (κ1) is 21.2. The van der Waals surface area contributed by atoms with Gasteiger partial charge in [0.25, 0.3) is 0 Å². The van der Waals surface area contributed by atoms with Crippen LogP contribution in [0, 0.1) is 5.92 Å². The Balaban J connectivity index is 1.25. The lowest BCUT2D eigenvalue weighted by Crippen LogP contribution is -2.44. The van der Waals surface area contributed by atoms with Gasteiger partial charge in [0.05, 0.1) is 25.4 Å². The van der Waals surface area contributed by atoms with Crippen molar-refractivity contribution in [3.05, 3.63) is 24.3 Å². The summed E-state index contributed by atoms with van der Waals surface area (Å²) in [6, 6.07) is 8.39. The predicted octanol–water partition coefficient (Wildman–Crippen LogP) is 3.34. The fourth-order valence-corrected chi connectivity index (χ4v) is 5.76. The van der Waals surface area contributed by atoms with Gasteiger partial charge in [0.2, 0.25) is 5.91 Å². The number of para-hydroxylation sites is 1. The third-order valence-electron chi connectivity index (χ3n) is 6.57. The van der Waals surface area contributed by atoms with E-state index in [4.69, 9.17) is 4.74 Å². The molecule has 0 aromatic heterocycles. The van der Waals surface area contributed by atoms with E-state index >= 15 is 0 Å². The molecule has 3 aliphatic rings. The second-order valence-corrected chi connectivity index (χ2v) is 10.2. The standard InChI is InChI=1S/C23H35N3O2S/c1-19-6-13-26(21-4-2-3-5-22(21)29-19)23(27)18-25-11-8-20(9-12-25)7-10-24-14-16-28-17-15-24/h2-5,19-20H,6-18H2,1H3. The van der Waals surface area contributed by atoms with E-state index in [0.717, 1.165) is 64.0 Å². The molecule has 3 aliphatic heterocycles. The van der Waals surface area contributed by atoms with E-state index in [1.807, 2.05) is 16.7 Å². The molecule has 5 nitrogen and oxygen atoms in total. The molecule has 0 N–H and O–H groups in total. The minimum absolute atomic E-state index is 0.263. The summed E-state index contributed by atoms with van der Waals surface area (Å²) in [6.45, 7) is 10.9. The summed E-state index contributed by atoms with van der Waals surface area (Å²) < 4.78 is 5.44. The lowest BCUT2D eigenvalue weighted by Gasteiger charge is -2.34. The van der Waals surface area contributed by atoms with E-state index < -0.39 is 0 Å². The number of morpholine rings is 1. The number of thioether (sulfide) groups is 1. The maximum atomic E-state index is 13.2. The summed E-state index contributed by atoms with van der Waals surface area (Å²) in [5.74, 6) is 1.07. The van der Waals surface area contributed by atoms with Gasteiger partial charge in [0, 0.05) is 29.8 Å². The van der Waals surface area contributed by atoms with E-state index in [2.05, 4.69) is 41.0 Å². The number of benzene rings is 1. The quantitative estimate of drug-likeness (QED) is 0.734. The highest BCUT2D eigenvalue weighted by Gasteiger charge is 2.27. The fraction of sp³-hybridized carbons (Fsp3) is 0.696. The van der Waals surface area contributed by atoms with Crippen molar-refractivity contribution in [3.8, 4) is 0 Å². The van der Waals surface area contributed by atoms with Gasteiger partial charge in [0.1, 0.15) is 0 Å². The number of amides is 1. The summed E-state index contributed by atoms with van der Waals surface area (Å²) in [5.41, 5.74) is 1.10. The van der Waals surface area contributed by atoms with Crippen molar-refractivity contribution in [2.45, 2.75) is 42.8 Å². The molecule has 0 spiro atoms. The van der Waals surface area contributed by atoms with Gasteiger partial charge in [0.15, 0.2) is 0 Å². The molecule has 1 unspecified atom stereocenters. The van der Waals surface area contributed by atoms with Crippen molar-refractivity contribution < 1.29 is 9.53 Å². The molecule has 1 aromatic carbocycles. The van der Waals surface area contributed by atoms with Crippen LogP contribution in [0.4, 0.5) is 5.69 Å². The van der Waals surface area contributed by atoms with E-state index in [0.29, 0.717) is 11.8 Å². The number of anilines is 1. The lowest BCUT2D eigenvalue weighted by atomic mass is 9.93. The van der Waals surface area contributed by atoms with Crippen molar-refractivity contribution in [2.75, 3.05) is 63.9 Å². The highest BCUT2D eigenvalue weighted by atomic mass is 32.2. The first-order chi connectivity index (χ1) is 14.2. The number of carbonyl (C=O) groups excluding carboxylic acids is 1. The van der Waals surface area contributed by atoms with Gasteiger partial charge in [-0.3, -0.25) is 14.6 Å². The number of ether oxygens (including phenoxy) is 1. The number of fused-ring (bicyclic) bond motifs is 1. The van der Waals surface area contributed by atoms with Gasteiger partial charge >= 0.3 is 0 Å². The summed E-state index contributed by atoms with van der Waals surface area (Å²) in [5, 5.41) is 0.552. The van der Waals surface area contributed by atoms with E-state index in [-0.39, 0.29) is 5.91 Å². The Labute approximate surface area is 179 Å². The summed E-state index contributed by atoms with van der Waals surface area (Å²) in [7, 11) is 0. The van der Waals surface area contributed by atoms with Crippen LogP contribution >= 0.6 is 11.8 Å². The van der Waals surface area contributed by atoms with Crippen LogP contribution in [0.3, 0.4) is 0 Å². The van der Waals surface area contributed by atoms with Gasteiger partial charge in [-0.25, -0.2) is 0 Å². The Hall–Kier alpha value is -1.08. The van der Waals surface area contributed by atoms with Crippen LogP contribution in [-0.4, -0.2) is 80.0 Å². The number of nitrogens with zero attached hydrogens (tertiary/aromatic N) is 3. The Morgan fingerprint density at radius 2 is 1.79 bits per heavy atom. The molecule has 4 rings (SSSR count). The van der Waals surface area contributed by atoms with Crippen LogP contribution in [0.5, 0.6) is 0 Å². The fourth-order valence-electron chi connectivity index (χ4n) is 4.65. The molecule has 1 atom stereocenters. The van der Waals surface area contributed by atoms with E-state index in [9.17, 15) is 4.79 Å². The third kappa shape index (κ3) is 5.75. The Morgan fingerprint density at radius 1 is 1.03 bits per heavy atom. The largest absolute Gasteiger partial charge is 0.379 e. The molecule has 160 valence electrons. The topological polar surface area (TPSA) is 36.0 Å². The Kier molecular flexibility index (Phi) is 7.51. The second-order valence-electron chi connectivity index (χ2n) is 8.69. The zero-order chi connectivity index (χ0) is 20.1. The molecule has 2 saturated heterocycles. The summed E-state index contributed by atoms with van der Waals surface area (Å²) in [6.07, 6.45) is 4.79. The highest BCUT2D eigenvalue weighted by molar-refractivity contribution is 8.00. The molecule has 6 heteroatoms. The molecule has 1 aromatic rings. The van der Waals surface area contributed by atoms with Crippen LogP contribution in [0.1, 0.15) is 32.6 Å². The average Bonchev–Trinajstić information content (AvgIpc) is 2.92. The van der Waals surface area contributed by atoms with Crippen molar-refractivity contribution in [1.82, 2.24) is 9.80 Å². The third-order valence-corrected chi connectivity index (χ3v) is 7.81. The molecule has 29 heavy (non-hydrogen) atoms. The molecule has 0 aliphatic carbocycles. The highest BCUT2D eigenvalue weighted by Crippen LogP contribution is 2.37. The van der Waals surface area contributed by atoms with Crippen LogP contribution in [0.15, 0.2) is 29.2 Å². The van der Waals surface area contributed by atoms with Crippen LogP contribution in [0.25, 0.3) is 0 Å². The molecular weight excluding hydrogens is 382 g/mol. The Bertz CT molecular complexity index is 672. The molecular formula is C23H35N3O2S. The first-order valence-electron chi connectivity index (χ1n) is 11.3. The first-order valence-corrected chi connectivity index (χ1v) is 12.2. The minimum Gasteiger partial charge on any atom is -0.379 e. The second kappa shape index (κ2) is 10.3. The average molecular weight is 418 g/mol. The Morgan fingerprint density at radius 3 is 2.59 bits per heavy atom. The SMILES string of the molecule is CC1CCN(C(=O)CN2CCC(CCN3CCOCC3)CC2)c2ccccc2S1. The summed E-state index contributed by atoms with van der Waals surface area (Å²) in [4.78, 5) is 21.3. The number of likely N-dealkylation sites (tertiary alicyclic amines) is 1. The van der Waals surface area contributed by atoms with Gasteiger partial charge < -0.3 is 9.64 Å². The van der Waals surface area contributed by atoms with Crippen LogP contribution < -0.4 is 4.90 Å². The molecule has 2 fully saturated rings. The minimum atomic E-state index is 0.263. The number of hydrogen-bond acceptors (Lipinski definition) is 5. The van der Waals surface area contributed by atoms with Crippen LogP contribution in [0.2, 0.25) is 0 Å². The normalized spacial score (nSPS) is 24.9. The molecule has 1 amide bonds. The van der Waals surface area contributed by atoms with E-state index in [1.54, 1.807) is 0 Å². The predicted molar refractivity (Wildman–Crippen MR) is 120 cm³/mol. The van der Waals surface area contributed by atoms with Crippen LogP contribution in [-0.2, 0) is 9.53 Å². The van der Waals surface area contributed by atoms with Gasteiger partial charge in [-0.15, -0.1) is 11.8 Å².